The van der Waals surface area contributed by atoms with E-state index in [1.165, 1.54) is 18.5 Å². The lowest BCUT2D eigenvalue weighted by Crippen LogP contribution is -2.13. The van der Waals surface area contributed by atoms with Crippen molar-refractivity contribution in [2.24, 2.45) is 0 Å². The first kappa shape index (κ1) is 9.69. The van der Waals surface area contributed by atoms with Crippen LogP contribution in [0, 0.1) is 0 Å². The van der Waals surface area contributed by atoms with Crippen molar-refractivity contribution in [3.05, 3.63) is 35.4 Å². The van der Waals surface area contributed by atoms with Crippen molar-refractivity contribution in [3.8, 4) is 0 Å². The molecule has 0 saturated carbocycles. The Bertz CT molecular complexity index is 311. The van der Waals surface area contributed by atoms with Gasteiger partial charge >= 0.3 is 0 Å². The van der Waals surface area contributed by atoms with E-state index in [1.807, 2.05) is 12.1 Å². The van der Waals surface area contributed by atoms with Gasteiger partial charge in [0.25, 0.3) is 0 Å². The van der Waals surface area contributed by atoms with Crippen LogP contribution in [-0.4, -0.2) is 30.1 Å². The molecule has 1 aliphatic heterocycles. The van der Waals surface area contributed by atoms with Gasteiger partial charge in [-0.3, -0.25) is 0 Å². The molecule has 1 atom stereocenters. The monoisotopic (exact) mass is 191 g/mol. The Morgan fingerprint density at radius 3 is 3.00 bits per heavy atom. The minimum Gasteiger partial charge on any atom is -0.392 e. The molecule has 1 heterocycles. The number of likely N-dealkylation sites (N-methyl/N-ethyl adjacent to an activating group) is 1. The van der Waals surface area contributed by atoms with E-state index in [0.29, 0.717) is 5.92 Å². The molecule has 0 bridgehead atoms. The zero-order chi connectivity index (χ0) is 9.97. The third kappa shape index (κ3) is 1.97. The van der Waals surface area contributed by atoms with Crippen molar-refractivity contribution in [1.82, 2.24) is 4.90 Å². The van der Waals surface area contributed by atoms with Crippen molar-refractivity contribution in [2.75, 3.05) is 20.1 Å². The lowest BCUT2D eigenvalue weighted by Gasteiger charge is -2.11. The summed E-state index contributed by atoms with van der Waals surface area (Å²) in [5.41, 5.74) is 2.40. The fourth-order valence-electron chi connectivity index (χ4n) is 2.15. The molecule has 1 aliphatic rings. The molecular weight excluding hydrogens is 174 g/mol. The Kier molecular flexibility index (Phi) is 2.85. The molecule has 0 aliphatic carbocycles. The molecule has 2 nitrogen and oxygen atoms in total. The van der Waals surface area contributed by atoms with E-state index in [0.717, 1.165) is 12.1 Å². The summed E-state index contributed by atoms with van der Waals surface area (Å²) in [4.78, 5) is 2.36. The van der Waals surface area contributed by atoms with Crippen LogP contribution in [-0.2, 0) is 6.61 Å². The highest BCUT2D eigenvalue weighted by atomic mass is 16.3. The first-order valence-electron chi connectivity index (χ1n) is 5.18. The van der Waals surface area contributed by atoms with Gasteiger partial charge in [-0.25, -0.2) is 0 Å². The first-order valence-corrected chi connectivity index (χ1v) is 5.18. The zero-order valence-corrected chi connectivity index (χ0v) is 8.61. The van der Waals surface area contributed by atoms with E-state index in [9.17, 15) is 0 Å². The highest BCUT2D eigenvalue weighted by molar-refractivity contribution is 5.27. The average molecular weight is 191 g/mol. The van der Waals surface area contributed by atoms with Gasteiger partial charge in [-0.15, -0.1) is 0 Å². The van der Waals surface area contributed by atoms with Crippen LogP contribution in [0.2, 0.25) is 0 Å². The zero-order valence-electron chi connectivity index (χ0n) is 8.61. The molecule has 1 aromatic rings. The molecule has 14 heavy (non-hydrogen) atoms. The molecule has 76 valence electrons. The summed E-state index contributed by atoms with van der Waals surface area (Å²) in [5.74, 6) is 0.659. The molecule has 0 radical (unpaired) electrons. The summed E-state index contributed by atoms with van der Waals surface area (Å²) >= 11 is 0. The number of hydrogen-bond donors (Lipinski definition) is 1. The predicted molar refractivity (Wildman–Crippen MR) is 57.2 cm³/mol. The molecule has 0 aromatic heterocycles. The molecule has 1 saturated heterocycles. The Balaban J connectivity index is 2.15. The number of nitrogens with zero attached hydrogens (tertiary/aromatic N) is 1. The highest BCUT2D eigenvalue weighted by Gasteiger charge is 2.20. The van der Waals surface area contributed by atoms with Gasteiger partial charge in [0.2, 0.25) is 0 Å². The van der Waals surface area contributed by atoms with Gasteiger partial charge < -0.3 is 10.0 Å². The lowest BCUT2D eigenvalue weighted by atomic mass is 9.97. The van der Waals surface area contributed by atoms with Gasteiger partial charge in [-0.2, -0.15) is 0 Å². The molecule has 2 rings (SSSR count). The van der Waals surface area contributed by atoms with Crippen molar-refractivity contribution >= 4 is 0 Å². The normalized spacial score (nSPS) is 22.9. The van der Waals surface area contributed by atoms with Crippen LogP contribution >= 0.6 is 0 Å². The number of rotatable bonds is 2. The smallest absolute Gasteiger partial charge is 0.0681 e. The second-order valence-corrected chi connectivity index (χ2v) is 4.15. The lowest BCUT2D eigenvalue weighted by molar-refractivity contribution is 0.281. The summed E-state index contributed by atoms with van der Waals surface area (Å²) in [6.07, 6.45) is 1.24. The van der Waals surface area contributed by atoms with Crippen LogP contribution in [0.4, 0.5) is 0 Å². The summed E-state index contributed by atoms with van der Waals surface area (Å²) in [7, 11) is 2.16. The van der Waals surface area contributed by atoms with E-state index < -0.39 is 0 Å². The van der Waals surface area contributed by atoms with E-state index in [2.05, 4.69) is 24.1 Å². The van der Waals surface area contributed by atoms with E-state index >= 15 is 0 Å². The Morgan fingerprint density at radius 1 is 1.50 bits per heavy atom. The van der Waals surface area contributed by atoms with Gasteiger partial charge in [-0.1, -0.05) is 24.3 Å². The molecule has 1 unspecified atom stereocenters. The third-order valence-corrected chi connectivity index (χ3v) is 3.00. The number of aliphatic hydroxyl groups is 1. The number of hydrogen-bond acceptors (Lipinski definition) is 2. The quantitative estimate of drug-likeness (QED) is 0.767. The van der Waals surface area contributed by atoms with Crippen molar-refractivity contribution in [1.29, 1.82) is 0 Å². The average Bonchev–Trinajstić information content (AvgIpc) is 2.65. The molecule has 1 aromatic carbocycles. The minimum absolute atomic E-state index is 0.149. The van der Waals surface area contributed by atoms with Gasteiger partial charge in [0.05, 0.1) is 6.61 Å². The Labute approximate surface area is 85.2 Å². The van der Waals surface area contributed by atoms with E-state index in [4.69, 9.17) is 5.11 Å². The molecule has 0 amide bonds. The molecule has 1 fully saturated rings. The van der Waals surface area contributed by atoms with E-state index in [-0.39, 0.29) is 6.61 Å². The van der Waals surface area contributed by atoms with Crippen LogP contribution in [0.1, 0.15) is 23.5 Å². The van der Waals surface area contributed by atoms with Crippen LogP contribution < -0.4 is 0 Å². The van der Waals surface area contributed by atoms with Crippen LogP contribution in [0.15, 0.2) is 24.3 Å². The summed E-state index contributed by atoms with van der Waals surface area (Å²) in [6, 6.07) is 8.31. The topological polar surface area (TPSA) is 23.5 Å². The van der Waals surface area contributed by atoms with Crippen molar-refractivity contribution in [3.63, 3.8) is 0 Å². The van der Waals surface area contributed by atoms with Gasteiger partial charge in [0.1, 0.15) is 0 Å². The molecular formula is C12H17NO. The van der Waals surface area contributed by atoms with Crippen molar-refractivity contribution < 1.29 is 5.11 Å². The SMILES string of the molecule is CN1CCC(c2cccc(CO)c2)C1. The second-order valence-electron chi connectivity index (χ2n) is 4.15. The first-order chi connectivity index (χ1) is 6.79. The second kappa shape index (κ2) is 4.11. The van der Waals surface area contributed by atoms with Gasteiger partial charge in [0, 0.05) is 6.54 Å². The fourth-order valence-corrected chi connectivity index (χ4v) is 2.15. The maximum atomic E-state index is 9.05. The van der Waals surface area contributed by atoms with Crippen LogP contribution in [0.5, 0.6) is 0 Å². The fraction of sp³-hybridized carbons (Fsp3) is 0.500. The minimum atomic E-state index is 0.149. The molecule has 2 heteroatoms. The summed E-state index contributed by atoms with van der Waals surface area (Å²) in [6.45, 7) is 2.49. The number of benzene rings is 1. The molecule has 0 spiro atoms. The van der Waals surface area contributed by atoms with Crippen LogP contribution in [0.3, 0.4) is 0 Å². The largest absolute Gasteiger partial charge is 0.392 e. The number of likely N-dealkylation sites (tertiary alicyclic amines) is 1. The maximum absolute atomic E-state index is 9.05. The summed E-state index contributed by atoms with van der Waals surface area (Å²) in [5, 5.41) is 9.05. The van der Waals surface area contributed by atoms with Gasteiger partial charge in [-0.05, 0) is 37.1 Å². The highest BCUT2D eigenvalue weighted by Crippen LogP contribution is 2.26. The predicted octanol–water partition coefficient (Wildman–Crippen LogP) is 1.60. The number of aliphatic hydroxyl groups excluding tert-OH is 1. The van der Waals surface area contributed by atoms with Crippen LogP contribution in [0.25, 0.3) is 0 Å². The van der Waals surface area contributed by atoms with E-state index in [1.54, 1.807) is 0 Å². The standard InChI is InChI=1S/C12H17NO/c1-13-6-5-12(8-13)11-4-2-3-10(7-11)9-14/h2-4,7,12,14H,5-6,8-9H2,1H3. The summed E-state index contributed by atoms with van der Waals surface area (Å²) < 4.78 is 0. The Hall–Kier alpha value is -0.860. The van der Waals surface area contributed by atoms with Gasteiger partial charge in [0.15, 0.2) is 0 Å². The molecule has 1 N–H and O–H groups in total. The Morgan fingerprint density at radius 2 is 2.36 bits per heavy atom. The third-order valence-electron chi connectivity index (χ3n) is 3.00. The maximum Gasteiger partial charge on any atom is 0.0681 e. The van der Waals surface area contributed by atoms with Crippen molar-refractivity contribution in [2.45, 2.75) is 18.9 Å².